The summed E-state index contributed by atoms with van der Waals surface area (Å²) in [6.45, 7) is 1.34. The number of likely N-dealkylation sites (tertiary alicyclic amines) is 1. The smallest absolute Gasteiger partial charge is 0.231 e. The lowest BCUT2D eigenvalue weighted by Gasteiger charge is -2.34. The maximum absolute atomic E-state index is 11.1. The third-order valence-electron chi connectivity index (χ3n) is 6.06. The Hall–Kier alpha value is -3.56. The van der Waals surface area contributed by atoms with E-state index in [-0.39, 0.29) is 12.6 Å². The highest BCUT2D eigenvalue weighted by Crippen LogP contribution is 2.32. The molecule has 9 nitrogen and oxygen atoms in total. The Labute approximate surface area is 184 Å². The summed E-state index contributed by atoms with van der Waals surface area (Å²) >= 11 is 0. The van der Waals surface area contributed by atoms with Crippen LogP contribution in [0.3, 0.4) is 0 Å². The molecule has 1 aliphatic heterocycles. The van der Waals surface area contributed by atoms with Gasteiger partial charge in [-0.2, -0.15) is 5.10 Å². The summed E-state index contributed by atoms with van der Waals surface area (Å²) in [5, 5.41) is 13.9. The maximum atomic E-state index is 11.1. The number of carbonyl (C=O) groups excluding carboxylic acids is 1. The number of oxazole rings is 1. The Balaban J connectivity index is 1.37. The van der Waals surface area contributed by atoms with E-state index < -0.39 is 6.04 Å². The molecule has 1 unspecified atom stereocenters. The van der Waals surface area contributed by atoms with E-state index in [9.17, 15) is 9.90 Å². The molecule has 1 aliphatic rings. The molecule has 0 bridgehead atoms. The number of rotatable bonds is 6. The van der Waals surface area contributed by atoms with E-state index in [2.05, 4.69) is 15.1 Å². The Morgan fingerprint density at radius 3 is 2.78 bits per heavy atom. The lowest BCUT2D eigenvalue weighted by atomic mass is 10.0. The van der Waals surface area contributed by atoms with Crippen molar-refractivity contribution in [2.24, 2.45) is 0 Å². The molecule has 4 heterocycles. The van der Waals surface area contributed by atoms with E-state index in [4.69, 9.17) is 10.2 Å². The highest BCUT2D eigenvalue weighted by atomic mass is 16.3. The number of aldehydes is 1. The quantitative estimate of drug-likeness (QED) is 0.446. The molecule has 0 spiro atoms. The third-order valence-corrected chi connectivity index (χ3v) is 6.06. The molecule has 164 valence electrons. The molecule has 5 rings (SSSR count). The zero-order valence-corrected chi connectivity index (χ0v) is 17.5. The molecule has 3 aromatic heterocycles. The second kappa shape index (κ2) is 8.52. The van der Waals surface area contributed by atoms with Crippen LogP contribution in [0.4, 0.5) is 5.82 Å². The maximum Gasteiger partial charge on any atom is 0.231 e. The molecule has 3 N–H and O–H groups in total. The second-order valence-corrected chi connectivity index (χ2v) is 8.01. The molecule has 0 amide bonds. The van der Waals surface area contributed by atoms with Gasteiger partial charge in [0.2, 0.25) is 5.89 Å². The summed E-state index contributed by atoms with van der Waals surface area (Å²) < 4.78 is 7.84. The van der Waals surface area contributed by atoms with E-state index in [0.29, 0.717) is 22.9 Å². The van der Waals surface area contributed by atoms with Gasteiger partial charge in [-0.1, -0.05) is 12.1 Å². The van der Waals surface area contributed by atoms with Gasteiger partial charge >= 0.3 is 0 Å². The number of aliphatic hydroxyl groups is 1. The first kappa shape index (κ1) is 20.3. The number of hydrogen-bond acceptors (Lipinski definition) is 8. The van der Waals surface area contributed by atoms with Crippen molar-refractivity contribution in [1.29, 1.82) is 0 Å². The number of nitrogens with two attached hydrogens (primary N) is 1. The number of nitrogens with zero attached hydrogens (tertiary/aromatic N) is 5. The fourth-order valence-electron chi connectivity index (χ4n) is 4.21. The number of para-hydroxylation sites is 2. The molecule has 9 heteroatoms. The van der Waals surface area contributed by atoms with Gasteiger partial charge in [0, 0.05) is 36.6 Å². The molecular formula is C23H24N6O3. The lowest BCUT2D eigenvalue weighted by Crippen LogP contribution is -2.44. The zero-order valence-electron chi connectivity index (χ0n) is 17.5. The van der Waals surface area contributed by atoms with Gasteiger partial charge in [-0.05, 0) is 31.0 Å². The van der Waals surface area contributed by atoms with Gasteiger partial charge in [-0.25, -0.2) is 9.97 Å². The molecule has 1 aromatic carbocycles. The standard InChI is InChI=1S/C23H24N6O3/c24-22-19(23-27-20-3-1-2-4-21(20)32-23)9-15(10-25-22)16-11-26-29(12-16)17-5-7-28(8-6-17)18(13-30)14-31/h1-4,9-13,17-18,31H,5-8,14H2,(H2,24,25). The number of nitrogen functional groups attached to an aromatic ring is 1. The highest BCUT2D eigenvalue weighted by molar-refractivity contribution is 5.80. The van der Waals surface area contributed by atoms with Gasteiger partial charge in [0.05, 0.1) is 30.5 Å². The fourth-order valence-corrected chi connectivity index (χ4v) is 4.21. The average molecular weight is 432 g/mol. The minimum absolute atomic E-state index is 0.146. The summed E-state index contributed by atoms with van der Waals surface area (Å²) in [7, 11) is 0. The van der Waals surface area contributed by atoms with Gasteiger partial charge in [0.1, 0.15) is 17.6 Å². The van der Waals surface area contributed by atoms with Gasteiger partial charge in [-0.15, -0.1) is 0 Å². The summed E-state index contributed by atoms with van der Waals surface area (Å²) in [4.78, 5) is 22.0. The van der Waals surface area contributed by atoms with Crippen molar-refractivity contribution in [3.8, 4) is 22.6 Å². The molecule has 0 aliphatic carbocycles. The topological polar surface area (TPSA) is 123 Å². The van der Waals surface area contributed by atoms with Crippen LogP contribution >= 0.6 is 0 Å². The predicted molar refractivity (Wildman–Crippen MR) is 120 cm³/mol. The molecular weight excluding hydrogens is 408 g/mol. The van der Waals surface area contributed by atoms with Crippen LogP contribution in [0.1, 0.15) is 18.9 Å². The number of carbonyl (C=O) groups is 1. The van der Waals surface area contributed by atoms with Crippen molar-refractivity contribution < 1.29 is 14.3 Å². The molecule has 4 aromatic rings. The molecule has 1 saturated heterocycles. The largest absolute Gasteiger partial charge is 0.436 e. The summed E-state index contributed by atoms with van der Waals surface area (Å²) in [5.41, 5.74) is 10.0. The van der Waals surface area contributed by atoms with E-state index in [1.165, 1.54) is 0 Å². The minimum Gasteiger partial charge on any atom is -0.436 e. The molecule has 32 heavy (non-hydrogen) atoms. The van der Waals surface area contributed by atoms with Crippen LogP contribution in [-0.2, 0) is 4.79 Å². The Morgan fingerprint density at radius 1 is 1.22 bits per heavy atom. The van der Waals surface area contributed by atoms with E-state index in [1.54, 1.807) is 6.20 Å². The number of benzene rings is 1. The van der Waals surface area contributed by atoms with E-state index >= 15 is 0 Å². The average Bonchev–Trinajstić information content (AvgIpc) is 3.48. The number of hydrogen-bond donors (Lipinski definition) is 2. The SMILES string of the molecule is Nc1ncc(-c2cnn(C3CCN(C(C=O)CO)CC3)c2)cc1-c1nc2ccccc2o1. The first-order valence-electron chi connectivity index (χ1n) is 10.6. The number of piperidine rings is 1. The highest BCUT2D eigenvalue weighted by Gasteiger charge is 2.26. The third kappa shape index (κ3) is 3.76. The Kier molecular flexibility index (Phi) is 5.42. The van der Waals surface area contributed by atoms with Crippen LogP contribution in [-0.4, -0.2) is 61.8 Å². The normalized spacial score (nSPS) is 16.4. The Bertz CT molecular complexity index is 1210. The van der Waals surface area contributed by atoms with Crippen LogP contribution in [0.15, 0.2) is 53.3 Å². The van der Waals surface area contributed by atoms with Crippen LogP contribution in [0.2, 0.25) is 0 Å². The second-order valence-electron chi connectivity index (χ2n) is 8.01. The van der Waals surface area contributed by atoms with Crippen molar-refractivity contribution in [3.63, 3.8) is 0 Å². The Morgan fingerprint density at radius 2 is 2.03 bits per heavy atom. The zero-order chi connectivity index (χ0) is 22.1. The van der Waals surface area contributed by atoms with Crippen molar-refractivity contribution in [3.05, 3.63) is 48.9 Å². The van der Waals surface area contributed by atoms with Gasteiger partial charge in [-0.3, -0.25) is 9.58 Å². The predicted octanol–water partition coefficient (Wildman–Crippen LogP) is 2.53. The summed E-state index contributed by atoms with van der Waals surface area (Å²) in [6.07, 6.45) is 8.08. The summed E-state index contributed by atoms with van der Waals surface area (Å²) in [6, 6.07) is 9.31. The van der Waals surface area contributed by atoms with Crippen molar-refractivity contribution in [1.82, 2.24) is 24.6 Å². The monoisotopic (exact) mass is 432 g/mol. The summed E-state index contributed by atoms with van der Waals surface area (Å²) in [5.74, 6) is 0.792. The molecule has 1 atom stereocenters. The van der Waals surface area contributed by atoms with Gasteiger partial charge < -0.3 is 20.1 Å². The van der Waals surface area contributed by atoms with Crippen LogP contribution in [0, 0.1) is 0 Å². The molecule has 0 saturated carbocycles. The van der Waals surface area contributed by atoms with Crippen LogP contribution in [0.25, 0.3) is 33.7 Å². The number of aliphatic hydroxyl groups excluding tert-OH is 1. The first-order chi connectivity index (χ1) is 15.7. The molecule has 0 radical (unpaired) electrons. The van der Waals surface area contributed by atoms with Gasteiger partial charge in [0.15, 0.2) is 5.58 Å². The lowest BCUT2D eigenvalue weighted by molar-refractivity contribution is -0.114. The first-order valence-corrected chi connectivity index (χ1v) is 10.6. The fraction of sp³-hybridized carbons (Fsp3) is 0.304. The van der Waals surface area contributed by atoms with E-state index in [1.807, 2.05) is 52.3 Å². The number of fused-ring (bicyclic) bond motifs is 1. The van der Waals surface area contributed by atoms with Crippen LogP contribution < -0.4 is 5.73 Å². The van der Waals surface area contributed by atoms with E-state index in [0.717, 1.165) is 48.9 Å². The van der Waals surface area contributed by atoms with Crippen molar-refractivity contribution >= 4 is 23.2 Å². The van der Waals surface area contributed by atoms with Crippen molar-refractivity contribution in [2.45, 2.75) is 24.9 Å². The van der Waals surface area contributed by atoms with Crippen molar-refractivity contribution in [2.75, 3.05) is 25.4 Å². The number of anilines is 1. The minimum atomic E-state index is -0.421. The molecule has 1 fully saturated rings. The number of pyridine rings is 1. The van der Waals surface area contributed by atoms with Gasteiger partial charge in [0.25, 0.3) is 0 Å². The van der Waals surface area contributed by atoms with Crippen LogP contribution in [0.5, 0.6) is 0 Å². The number of aromatic nitrogens is 4.